The van der Waals surface area contributed by atoms with Gasteiger partial charge in [-0.1, -0.05) is 24.6 Å². The number of halogens is 1. The van der Waals surface area contributed by atoms with E-state index in [1.807, 2.05) is 31.2 Å². The molecule has 1 saturated heterocycles. The van der Waals surface area contributed by atoms with Crippen molar-refractivity contribution in [1.82, 2.24) is 4.90 Å². The Labute approximate surface area is 166 Å². The van der Waals surface area contributed by atoms with Gasteiger partial charge in [-0.25, -0.2) is 0 Å². The van der Waals surface area contributed by atoms with E-state index in [0.717, 1.165) is 38.4 Å². The van der Waals surface area contributed by atoms with Crippen molar-refractivity contribution >= 4 is 34.6 Å². The van der Waals surface area contributed by atoms with E-state index < -0.39 is 0 Å². The van der Waals surface area contributed by atoms with E-state index in [1.165, 1.54) is 5.69 Å². The molecule has 0 saturated carbocycles. The number of hydrogen-bond donors (Lipinski definition) is 2. The third kappa shape index (κ3) is 5.37. The molecule has 6 heteroatoms. The molecule has 0 aromatic heterocycles. The summed E-state index contributed by atoms with van der Waals surface area (Å²) in [5, 5.41) is 6.73. The molecule has 1 fully saturated rings. The molecule has 27 heavy (non-hydrogen) atoms. The zero-order valence-electron chi connectivity index (χ0n) is 15.9. The number of carbonyl (C=O) groups excluding carboxylic acids is 1. The summed E-state index contributed by atoms with van der Waals surface area (Å²) in [6.45, 7) is 9.50. The number of nitrogens with zero attached hydrogens (tertiary/aromatic N) is 2. The quantitative estimate of drug-likeness (QED) is 0.789. The van der Waals surface area contributed by atoms with Crippen LogP contribution in [0.25, 0.3) is 0 Å². The Bertz CT molecular complexity index is 757. The topological polar surface area (TPSA) is 47.6 Å². The van der Waals surface area contributed by atoms with Gasteiger partial charge in [0.1, 0.15) is 6.04 Å². The Kier molecular flexibility index (Phi) is 6.58. The molecule has 5 nitrogen and oxygen atoms in total. The Morgan fingerprint density at radius 3 is 2.41 bits per heavy atom. The van der Waals surface area contributed by atoms with Crippen molar-refractivity contribution in [3.05, 3.63) is 53.6 Å². The van der Waals surface area contributed by atoms with E-state index in [-0.39, 0.29) is 11.9 Å². The molecule has 0 aliphatic carbocycles. The van der Waals surface area contributed by atoms with Gasteiger partial charge in [-0.3, -0.25) is 4.79 Å². The molecule has 0 spiro atoms. The monoisotopic (exact) mass is 386 g/mol. The molecule has 2 aromatic carbocycles. The van der Waals surface area contributed by atoms with Crippen molar-refractivity contribution in [2.45, 2.75) is 19.9 Å². The van der Waals surface area contributed by atoms with Crippen molar-refractivity contribution in [3.63, 3.8) is 0 Å². The number of likely N-dealkylation sites (N-methyl/N-ethyl adjacent to an activating group) is 1. The third-order valence-corrected chi connectivity index (χ3v) is 5.16. The molecule has 0 unspecified atom stereocenters. The minimum atomic E-state index is -0.358. The number of benzene rings is 2. The maximum absolute atomic E-state index is 12.4. The zero-order chi connectivity index (χ0) is 19.2. The van der Waals surface area contributed by atoms with Crippen LogP contribution in [0, 0.1) is 0 Å². The summed E-state index contributed by atoms with van der Waals surface area (Å²) in [6, 6.07) is 15.1. The fourth-order valence-electron chi connectivity index (χ4n) is 3.22. The highest BCUT2D eigenvalue weighted by atomic mass is 35.5. The number of nitrogens with one attached hydrogen (secondary N) is 2. The first-order chi connectivity index (χ1) is 13.0. The van der Waals surface area contributed by atoms with Crippen LogP contribution in [0.1, 0.15) is 13.8 Å². The first-order valence-electron chi connectivity index (χ1n) is 9.45. The fraction of sp³-hybridized carbons (Fsp3) is 0.381. The minimum Gasteiger partial charge on any atom is -0.374 e. The summed E-state index contributed by atoms with van der Waals surface area (Å²) in [7, 11) is 0. The highest BCUT2D eigenvalue weighted by Crippen LogP contribution is 2.20. The molecule has 1 atom stereocenters. The smallest absolute Gasteiger partial charge is 0.246 e. The van der Waals surface area contributed by atoms with E-state index in [2.05, 4.69) is 39.5 Å². The van der Waals surface area contributed by atoms with Gasteiger partial charge >= 0.3 is 0 Å². The summed E-state index contributed by atoms with van der Waals surface area (Å²) in [6.07, 6.45) is 0. The van der Waals surface area contributed by atoms with E-state index in [0.29, 0.717) is 10.7 Å². The van der Waals surface area contributed by atoms with Crippen LogP contribution in [-0.4, -0.2) is 49.6 Å². The van der Waals surface area contributed by atoms with Crippen LogP contribution in [0.2, 0.25) is 5.02 Å². The second kappa shape index (κ2) is 9.11. The van der Waals surface area contributed by atoms with Crippen molar-refractivity contribution in [1.29, 1.82) is 0 Å². The predicted octanol–water partition coefficient (Wildman–Crippen LogP) is 3.92. The van der Waals surface area contributed by atoms with E-state index in [9.17, 15) is 4.79 Å². The van der Waals surface area contributed by atoms with Crippen LogP contribution in [0.4, 0.5) is 17.1 Å². The van der Waals surface area contributed by atoms with Crippen molar-refractivity contribution < 1.29 is 4.79 Å². The summed E-state index contributed by atoms with van der Waals surface area (Å²) >= 11 is 5.96. The summed E-state index contributed by atoms with van der Waals surface area (Å²) in [5.74, 6) is -0.1000. The Morgan fingerprint density at radius 2 is 1.78 bits per heavy atom. The lowest BCUT2D eigenvalue weighted by Gasteiger charge is -2.35. The van der Waals surface area contributed by atoms with Crippen molar-refractivity contribution in [3.8, 4) is 0 Å². The maximum Gasteiger partial charge on any atom is 0.246 e. The summed E-state index contributed by atoms with van der Waals surface area (Å²) in [4.78, 5) is 17.2. The van der Waals surface area contributed by atoms with E-state index in [1.54, 1.807) is 12.1 Å². The number of rotatable bonds is 6. The lowest BCUT2D eigenvalue weighted by Crippen LogP contribution is -2.46. The predicted molar refractivity (Wildman–Crippen MR) is 114 cm³/mol. The Morgan fingerprint density at radius 1 is 1.07 bits per heavy atom. The molecule has 2 N–H and O–H groups in total. The zero-order valence-corrected chi connectivity index (χ0v) is 16.7. The van der Waals surface area contributed by atoms with Gasteiger partial charge in [-0.15, -0.1) is 0 Å². The second-order valence-electron chi connectivity index (χ2n) is 6.83. The highest BCUT2D eigenvalue weighted by molar-refractivity contribution is 6.30. The van der Waals surface area contributed by atoms with Crippen LogP contribution in [0.15, 0.2) is 48.5 Å². The van der Waals surface area contributed by atoms with Crippen LogP contribution in [-0.2, 0) is 4.79 Å². The van der Waals surface area contributed by atoms with Crippen molar-refractivity contribution in [2.75, 3.05) is 48.3 Å². The van der Waals surface area contributed by atoms with E-state index >= 15 is 0 Å². The molecule has 1 heterocycles. The lowest BCUT2D eigenvalue weighted by atomic mass is 10.2. The van der Waals surface area contributed by atoms with Gasteiger partial charge in [0, 0.05) is 48.3 Å². The largest absolute Gasteiger partial charge is 0.374 e. The number of anilines is 3. The molecule has 0 bridgehead atoms. The van der Waals surface area contributed by atoms with Gasteiger partial charge in [0.05, 0.1) is 0 Å². The van der Waals surface area contributed by atoms with Crippen molar-refractivity contribution in [2.24, 2.45) is 0 Å². The SMILES string of the molecule is CCN1CCN(c2ccc(N[C@@H](C)C(=O)Nc3cccc(Cl)c3)cc2)CC1. The van der Waals surface area contributed by atoms with Gasteiger partial charge in [0.2, 0.25) is 5.91 Å². The molecule has 2 aromatic rings. The molecule has 1 amide bonds. The molecular weight excluding hydrogens is 360 g/mol. The normalized spacial score (nSPS) is 16.0. The van der Waals surface area contributed by atoms with Crippen LogP contribution >= 0.6 is 11.6 Å². The number of hydrogen-bond acceptors (Lipinski definition) is 4. The third-order valence-electron chi connectivity index (χ3n) is 4.92. The fourth-order valence-corrected chi connectivity index (χ4v) is 3.41. The first kappa shape index (κ1) is 19.5. The highest BCUT2D eigenvalue weighted by Gasteiger charge is 2.16. The molecule has 0 radical (unpaired) electrons. The summed E-state index contributed by atoms with van der Waals surface area (Å²) < 4.78 is 0. The number of carbonyl (C=O) groups is 1. The maximum atomic E-state index is 12.4. The average Bonchev–Trinajstić information content (AvgIpc) is 2.68. The lowest BCUT2D eigenvalue weighted by molar-refractivity contribution is -0.116. The van der Waals surface area contributed by atoms with Crippen LogP contribution in [0.5, 0.6) is 0 Å². The molecule has 3 rings (SSSR count). The van der Waals surface area contributed by atoms with Crippen LogP contribution in [0.3, 0.4) is 0 Å². The molecule has 144 valence electrons. The average molecular weight is 387 g/mol. The van der Waals surface area contributed by atoms with Gasteiger partial charge in [0.15, 0.2) is 0 Å². The number of amides is 1. The Hall–Kier alpha value is -2.24. The van der Waals surface area contributed by atoms with Gasteiger partial charge in [-0.2, -0.15) is 0 Å². The second-order valence-corrected chi connectivity index (χ2v) is 7.27. The molecule has 1 aliphatic heterocycles. The number of piperazine rings is 1. The molecular formula is C21H27ClN4O. The minimum absolute atomic E-state index is 0.1000. The van der Waals surface area contributed by atoms with E-state index in [4.69, 9.17) is 11.6 Å². The standard InChI is InChI=1S/C21H27ClN4O/c1-3-25-11-13-26(14-12-25)20-9-7-18(8-10-20)23-16(2)21(27)24-19-6-4-5-17(22)15-19/h4-10,15-16,23H,3,11-14H2,1-2H3,(H,24,27)/t16-/m0/s1. The first-order valence-corrected chi connectivity index (χ1v) is 9.83. The van der Waals surface area contributed by atoms with Crippen LogP contribution < -0.4 is 15.5 Å². The van der Waals surface area contributed by atoms with Gasteiger partial charge in [0.25, 0.3) is 0 Å². The Balaban J connectivity index is 1.53. The van der Waals surface area contributed by atoms with Gasteiger partial charge in [-0.05, 0) is 55.9 Å². The summed E-state index contributed by atoms with van der Waals surface area (Å²) in [5.41, 5.74) is 2.86. The van der Waals surface area contributed by atoms with Gasteiger partial charge < -0.3 is 20.4 Å². The molecule has 1 aliphatic rings.